The first-order valence-electron chi connectivity index (χ1n) is 21.7. The fourth-order valence-electron chi connectivity index (χ4n) is 6.58. The van der Waals surface area contributed by atoms with Gasteiger partial charge in [-0.1, -0.05) is 79.8 Å². The lowest BCUT2D eigenvalue weighted by molar-refractivity contribution is -0.138. The van der Waals surface area contributed by atoms with Crippen LogP contribution in [0.3, 0.4) is 0 Å². The van der Waals surface area contributed by atoms with Crippen LogP contribution in [0.2, 0.25) is 0 Å². The Bertz CT molecular complexity index is 2210. The lowest BCUT2D eigenvalue weighted by Crippen LogP contribution is -2.40. The molecule has 0 unspecified atom stereocenters. The van der Waals surface area contributed by atoms with Gasteiger partial charge in [-0.3, -0.25) is 14.5 Å². The van der Waals surface area contributed by atoms with Crippen LogP contribution >= 0.6 is 11.3 Å². The predicted octanol–water partition coefficient (Wildman–Crippen LogP) is 11.1. The zero-order valence-corrected chi connectivity index (χ0v) is 36.8. The first kappa shape index (κ1) is 47.2. The molecule has 1 aliphatic heterocycles. The first-order valence-corrected chi connectivity index (χ1v) is 22.5. The molecule has 1 aliphatic rings. The molecular formula is C52H60N2O7S. The molecule has 326 valence electrons. The molecule has 0 bridgehead atoms. The molecule has 2 heterocycles. The quantitative estimate of drug-likeness (QED) is 0.0310. The Morgan fingerprint density at radius 2 is 1.35 bits per heavy atom. The van der Waals surface area contributed by atoms with E-state index in [4.69, 9.17) is 14.2 Å². The van der Waals surface area contributed by atoms with Crippen molar-refractivity contribution >= 4 is 39.1 Å². The second-order valence-electron chi connectivity index (χ2n) is 14.8. The van der Waals surface area contributed by atoms with E-state index < -0.39 is 12.0 Å². The number of hydrogen-bond donors (Lipinski definition) is 2. The highest BCUT2D eigenvalue weighted by atomic mass is 32.1. The zero-order chi connectivity index (χ0) is 43.8. The number of hydrogen-bond acceptors (Lipinski definition) is 9. The molecule has 5 rings (SSSR count). The minimum atomic E-state index is -0.858. The summed E-state index contributed by atoms with van der Waals surface area (Å²) in [6, 6.07) is 18.2. The van der Waals surface area contributed by atoms with E-state index in [0.717, 1.165) is 86.5 Å². The minimum absolute atomic E-state index is 0.121. The Morgan fingerprint density at radius 3 is 1.97 bits per heavy atom. The van der Waals surface area contributed by atoms with Crippen LogP contribution in [0.15, 0.2) is 140 Å². The van der Waals surface area contributed by atoms with E-state index in [9.17, 15) is 19.5 Å². The maximum absolute atomic E-state index is 14.2. The van der Waals surface area contributed by atoms with E-state index in [-0.39, 0.29) is 23.9 Å². The Kier molecular flexibility index (Phi) is 20.2. The fraction of sp³-hybridized carbons (Fsp3) is 0.327. The number of morpholine rings is 1. The molecule has 1 atom stereocenters. The van der Waals surface area contributed by atoms with Gasteiger partial charge in [0.25, 0.3) is 0 Å². The van der Waals surface area contributed by atoms with Gasteiger partial charge in [-0.2, -0.15) is 0 Å². The number of allylic oxidation sites excluding steroid dienone is 12. The number of phenolic OH excluding ortho intramolecular Hbond substituents is 1. The van der Waals surface area contributed by atoms with Crippen LogP contribution in [-0.4, -0.2) is 73.2 Å². The number of esters is 1. The third-order valence-corrected chi connectivity index (χ3v) is 11.2. The monoisotopic (exact) mass is 856 g/mol. The molecule has 1 amide bonds. The summed E-state index contributed by atoms with van der Waals surface area (Å²) in [6.45, 7) is 8.34. The maximum Gasteiger partial charge on any atom is 0.333 e. The molecule has 0 saturated carbocycles. The van der Waals surface area contributed by atoms with Gasteiger partial charge in [-0.25, -0.2) is 4.79 Å². The van der Waals surface area contributed by atoms with Crippen LogP contribution in [-0.2, 0) is 14.3 Å². The molecule has 10 heteroatoms. The number of rotatable bonds is 24. The van der Waals surface area contributed by atoms with Crippen molar-refractivity contribution in [3.63, 3.8) is 0 Å². The van der Waals surface area contributed by atoms with Crippen molar-refractivity contribution < 1.29 is 33.7 Å². The van der Waals surface area contributed by atoms with Crippen molar-refractivity contribution in [3.8, 4) is 27.7 Å². The highest BCUT2D eigenvalue weighted by Crippen LogP contribution is 2.42. The van der Waals surface area contributed by atoms with Gasteiger partial charge in [0.2, 0.25) is 5.91 Å². The van der Waals surface area contributed by atoms with Crippen molar-refractivity contribution in [2.24, 2.45) is 0 Å². The number of benzene rings is 3. The summed E-state index contributed by atoms with van der Waals surface area (Å²) in [7, 11) is 0. The number of aromatic hydroxyl groups is 1. The molecule has 9 nitrogen and oxygen atoms in total. The largest absolute Gasteiger partial charge is 0.508 e. The van der Waals surface area contributed by atoms with Crippen molar-refractivity contribution in [1.82, 2.24) is 10.2 Å². The van der Waals surface area contributed by atoms with E-state index in [1.54, 1.807) is 61.5 Å². The maximum atomic E-state index is 14.2. The van der Waals surface area contributed by atoms with Crippen LogP contribution in [0.4, 0.5) is 0 Å². The highest BCUT2D eigenvalue weighted by Gasteiger charge is 2.24. The molecule has 3 aromatic carbocycles. The standard InChI is InChI=1S/C52H60N2O7S/c1-3-4-5-6-7-8-9-10-11-12-13-14-15-16-17-18-19-20-21-22-48(56)53-40(2)52(58)61-45-31-32-46-47(39-45)62-51(42-23-27-43(55)28-24-42)49(46)50(57)41-25-29-44(30-26-41)60-38-35-54-33-36-59-37-34-54/h4-5,7-8,10-11,13-14,16-17,19-20,23-32,39-40,55H,3,6,9,12,15,18,21-22,33-38H2,1-2H3,(H,53,56)/t40-/m0/s1. The van der Waals surface area contributed by atoms with Crippen LogP contribution in [0, 0.1) is 0 Å². The lowest BCUT2D eigenvalue weighted by atomic mass is 9.97. The normalized spacial score (nSPS) is 14.4. The van der Waals surface area contributed by atoms with E-state index >= 15 is 0 Å². The molecular weight excluding hydrogens is 797 g/mol. The van der Waals surface area contributed by atoms with E-state index in [0.29, 0.717) is 41.0 Å². The number of nitrogens with one attached hydrogen (secondary N) is 1. The highest BCUT2D eigenvalue weighted by molar-refractivity contribution is 7.22. The van der Waals surface area contributed by atoms with E-state index in [2.05, 4.69) is 77.9 Å². The number of nitrogens with zero attached hydrogens (tertiary/aromatic N) is 1. The summed E-state index contributed by atoms with van der Waals surface area (Å²) in [5.74, 6) is 0.117. The van der Waals surface area contributed by atoms with Gasteiger partial charge in [0.1, 0.15) is 29.9 Å². The van der Waals surface area contributed by atoms with Crippen LogP contribution in [0.1, 0.15) is 81.1 Å². The lowest BCUT2D eigenvalue weighted by Gasteiger charge is -2.26. The number of phenols is 1. The average molecular weight is 857 g/mol. The summed E-state index contributed by atoms with van der Waals surface area (Å²) >= 11 is 1.40. The van der Waals surface area contributed by atoms with Crippen LogP contribution < -0.4 is 14.8 Å². The van der Waals surface area contributed by atoms with Crippen molar-refractivity contribution in [2.45, 2.75) is 71.3 Å². The number of ether oxygens (including phenoxy) is 3. The van der Waals surface area contributed by atoms with Gasteiger partial charge in [0, 0.05) is 52.1 Å². The van der Waals surface area contributed by atoms with Gasteiger partial charge in [-0.05, 0) is 124 Å². The minimum Gasteiger partial charge on any atom is -0.508 e. The van der Waals surface area contributed by atoms with Crippen molar-refractivity contribution in [2.75, 3.05) is 39.5 Å². The predicted molar refractivity (Wildman–Crippen MR) is 252 cm³/mol. The number of ketones is 1. The molecule has 2 N–H and O–H groups in total. The summed E-state index contributed by atoms with van der Waals surface area (Å²) in [5.41, 5.74) is 1.79. The van der Waals surface area contributed by atoms with E-state index in [1.165, 1.54) is 11.3 Å². The molecule has 0 radical (unpaired) electrons. The van der Waals surface area contributed by atoms with Gasteiger partial charge < -0.3 is 24.6 Å². The van der Waals surface area contributed by atoms with Crippen molar-refractivity contribution in [1.29, 1.82) is 0 Å². The molecule has 1 aromatic heterocycles. The average Bonchev–Trinajstić information content (AvgIpc) is 3.66. The van der Waals surface area contributed by atoms with Gasteiger partial charge in [0.05, 0.1) is 13.2 Å². The summed E-state index contributed by atoms with van der Waals surface area (Å²) in [4.78, 5) is 42.9. The first-order chi connectivity index (χ1) is 30.3. The topological polar surface area (TPSA) is 114 Å². The Labute approximate surface area is 370 Å². The molecule has 1 fully saturated rings. The van der Waals surface area contributed by atoms with Gasteiger partial charge >= 0.3 is 5.97 Å². The second kappa shape index (κ2) is 26.5. The molecule has 0 spiro atoms. The second-order valence-corrected chi connectivity index (χ2v) is 15.9. The third kappa shape index (κ3) is 15.9. The molecule has 0 aliphatic carbocycles. The van der Waals surface area contributed by atoms with Crippen LogP contribution in [0.25, 0.3) is 20.5 Å². The number of amides is 1. The van der Waals surface area contributed by atoms with Crippen molar-refractivity contribution in [3.05, 3.63) is 151 Å². The number of fused-ring (bicyclic) bond motifs is 1. The number of carbonyl (C=O) groups is 3. The summed E-state index contributed by atoms with van der Waals surface area (Å²) in [6.07, 6.45) is 32.2. The zero-order valence-electron chi connectivity index (χ0n) is 36.0. The molecule has 1 saturated heterocycles. The molecule has 62 heavy (non-hydrogen) atoms. The molecule has 4 aromatic rings. The third-order valence-electron chi connectivity index (χ3n) is 10.00. The SMILES string of the molecule is CCC=CCC=CCC=CCC=CCC=CCC=CCCC(=O)N[C@@H](C)C(=O)Oc1ccc2c(C(=O)c3ccc(OCCN4CCOCC4)cc3)c(-c3ccc(O)cc3)sc2c1. The van der Waals surface area contributed by atoms with Gasteiger partial charge in [-0.15, -0.1) is 11.3 Å². The number of carbonyl (C=O) groups excluding carboxylic acids is 3. The Morgan fingerprint density at radius 1 is 0.774 bits per heavy atom. The fourth-order valence-corrected chi connectivity index (χ4v) is 7.81. The Hall–Kier alpha value is -5.81. The Balaban J connectivity index is 1.08. The van der Waals surface area contributed by atoms with Gasteiger partial charge in [0.15, 0.2) is 5.78 Å². The number of thiophene rings is 1. The smallest absolute Gasteiger partial charge is 0.333 e. The van der Waals surface area contributed by atoms with E-state index in [1.807, 2.05) is 24.3 Å². The summed E-state index contributed by atoms with van der Waals surface area (Å²) in [5, 5.41) is 13.4. The summed E-state index contributed by atoms with van der Waals surface area (Å²) < 4.78 is 17.8. The van der Waals surface area contributed by atoms with Crippen LogP contribution in [0.5, 0.6) is 17.2 Å².